The van der Waals surface area contributed by atoms with Gasteiger partial charge in [-0.1, -0.05) is 20.8 Å². The third-order valence-electron chi connectivity index (χ3n) is 2.78. The summed E-state index contributed by atoms with van der Waals surface area (Å²) in [5.41, 5.74) is 0. The van der Waals surface area contributed by atoms with Crippen molar-refractivity contribution in [1.29, 1.82) is 0 Å². The minimum absolute atomic E-state index is 0.0262. The first-order valence-corrected chi connectivity index (χ1v) is 6.99. The van der Waals surface area contributed by atoms with Gasteiger partial charge in [0, 0.05) is 18.6 Å². The first-order valence-electron chi connectivity index (χ1n) is 6.99. The molecule has 0 aliphatic heterocycles. The van der Waals surface area contributed by atoms with Crippen LogP contribution in [0.4, 0.5) is 0 Å². The molecule has 0 spiro atoms. The molecule has 0 aliphatic rings. The molecule has 5 heteroatoms. The Hall–Kier alpha value is -1.10. The molecule has 0 rings (SSSR count). The number of hydrogen-bond acceptors (Lipinski definition) is 3. The molecule has 0 aromatic carbocycles. The quantitative estimate of drug-likeness (QED) is 0.618. The number of nitrogens with one attached hydrogen (secondary N) is 2. The molecule has 0 aliphatic carbocycles. The molecule has 0 aromatic rings. The molecule has 5 nitrogen and oxygen atoms in total. The molecule has 0 bridgehead atoms. The van der Waals surface area contributed by atoms with Gasteiger partial charge in [-0.05, 0) is 32.6 Å². The number of carbonyl (C=O) groups is 2. The van der Waals surface area contributed by atoms with Crippen LogP contribution >= 0.6 is 0 Å². The van der Waals surface area contributed by atoms with E-state index in [0.29, 0.717) is 18.8 Å². The normalized spacial score (nSPS) is 14.3. The van der Waals surface area contributed by atoms with Crippen molar-refractivity contribution in [2.24, 2.45) is 11.8 Å². The van der Waals surface area contributed by atoms with E-state index in [0.717, 1.165) is 0 Å². The van der Waals surface area contributed by atoms with Crippen molar-refractivity contribution < 1.29 is 14.7 Å². The van der Waals surface area contributed by atoms with Crippen LogP contribution in [0.25, 0.3) is 0 Å². The van der Waals surface area contributed by atoms with E-state index >= 15 is 0 Å². The third-order valence-corrected chi connectivity index (χ3v) is 2.78. The molecule has 0 saturated heterocycles. The summed E-state index contributed by atoms with van der Waals surface area (Å²) in [5.74, 6) is -0.297. The fourth-order valence-electron chi connectivity index (χ4n) is 1.73. The molecule has 0 heterocycles. The minimum atomic E-state index is -0.504. The number of amides is 2. The lowest BCUT2D eigenvalue weighted by molar-refractivity contribution is -0.131. The Morgan fingerprint density at radius 2 is 1.58 bits per heavy atom. The Morgan fingerprint density at radius 3 is 2.00 bits per heavy atom. The molecule has 0 aromatic heterocycles. The maximum absolute atomic E-state index is 12.0. The van der Waals surface area contributed by atoms with Crippen LogP contribution in [0.15, 0.2) is 0 Å². The molecule has 3 N–H and O–H groups in total. The number of aliphatic hydroxyl groups is 1. The summed E-state index contributed by atoms with van der Waals surface area (Å²) in [4.78, 5) is 23.9. The van der Waals surface area contributed by atoms with Crippen molar-refractivity contribution in [1.82, 2.24) is 10.6 Å². The summed E-state index contributed by atoms with van der Waals surface area (Å²) in [7, 11) is 0. The van der Waals surface area contributed by atoms with Crippen molar-refractivity contribution in [3.8, 4) is 0 Å². The van der Waals surface area contributed by atoms with Crippen molar-refractivity contribution >= 4 is 11.8 Å². The molecule has 19 heavy (non-hydrogen) atoms. The van der Waals surface area contributed by atoms with Gasteiger partial charge in [-0.2, -0.15) is 0 Å². The monoisotopic (exact) mass is 272 g/mol. The van der Waals surface area contributed by atoms with Gasteiger partial charge in [0.15, 0.2) is 0 Å². The minimum Gasteiger partial charge on any atom is -0.396 e. The van der Waals surface area contributed by atoms with Crippen LogP contribution in [0, 0.1) is 11.8 Å². The highest BCUT2D eigenvalue weighted by Gasteiger charge is 2.24. The Kier molecular flexibility index (Phi) is 8.39. The number of aliphatic hydroxyl groups excluding tert-OH is 1. The van der Waals surface area contributed by atoms with E-state index in [1.165, 1.54) is 0 Å². The molecule has 1 unspecified atom stereocenters. The van der Waals surface area contributed by atoms with E-state index in [-0.39, 0.29) is 30.4 Å². The Labute approximate surface area is 116 Å². The zero-order valence-corrected chi connectivity index (χ0v) is 12.7. The summed E-state index contributed by atoms with van der Waals surface area (Å²) in [5, 5.41) is 14.4. The average molecular weight is 272 g/mol. The Balaban J connectivity index is 4.58. The van der Waals surface area contributed by atoms with Crippen LogP contribution in [0.1, 0.15) is 47.5 Å². The van der Waals surface area contributed by atoms with E-state index in [9.17, 15) is 9.59 Å². The molecular weight excluding hydrogens is 244 g/mol. The summed E-state index contributed by atoms with van der Waals surface area (Å²) >= 11 is 0. The van der Waals surface area contributed by atoms with Crippen LogP contribution in [-0.4, -0.2) is 35.6 Å². The van der Waals surface area contributed by atoms with Gasteiger partial charge in [0.25, 0.3) is 0 Å². The van der Waals surface area contributed by atoms with Gasteiger partial charge in [0.1, 0.15) is 6.04 Å². The van der Waals surface area contributed by atoms with Gasteiger partial charge in [0.2, 0.25) is 11.8 Å². The number of rotatable bonds is 8. The van der Waals surface area contributed by atoms with Crippen LogP contribution in [0.2, 0.25) is 0 Å². The Bertz CT molecular complexity index is 290. The predicted molar refractivity (Wildman–Crippen MR) is 75.5 cm³/mol. The zero-order chi connectivity index (χ0) is 15.0. The SMILES string of the molecule is CC(C)C[C@H](NC(=O)C(C)CCO)C(=O)NC(C)C. The fraction of sp³-hybridized carbons (Fsp3) is 0.857. The molecule has 0 fully saturated rings. The maximum atomic E-state index is 12.0. The highest BCUT2D eigenvalue weighted by atomic mass is 16.3. The van der Waals surface area contributed by atoms with E-state index in [1.807, 2.05) is 27.7 Å². The first kappa shape index (κ1) is 17.9. The third kappa shape index (κ3) is 7.82. The second kappa shape index (κ2) is 8.91. The Morgan fingerprint density at radius 1 is 1.00 bits per heavy atom. The smallest absolute Gasteiger partial charge is 0.242 e. The molecular formula is C14H28N2O3. The van der Waals surface area contributed by atoms with Crippen LogP contribution < -0.4 is 10.6 Å². The summed E-state index contributed by atoms with van der Waals surface area (Å²) in [6, 6.07) is -0.454. The second-order valence-corrected chi connectivity index (χ2v) is 5.77. The van der Waals surface area contributed by atoms with Crippen LogP contribution in [0.3, 0.4) is 0 Å². The fourth-order valence-corrected chi connectivity index (χ4v) is 1.73. The highest BCUT2D eigenvalue weighted by Crippen LogP contribution is 2.08. The second-order valence-electron chi connectivity index (χ2n) is 5.77. The van der Waals surface area contributed by atoms with E-state index < -0.39 is 6.04 Å². The molecule has 2 amide bonds. The van der Waals surface area contributed by atoms with Gasteiger partial charge >= 0.3 is 0 Å². The zero-order valence-electron chi connectivity index (χ0n) is 12.7. The molecule has 2 atom stereocenters. The standard InChI is InChI=1S/C14H28N2O3/c1-9(2)8-12(14(19)15-10(3)4)16-13(18)11(5)6-7-17/h9-12,17H,6-8H2,1-5H3,(H,15,19)(H,16,18)/t11?,12-/m0/s1. The van der Waals surface area contributed by atoms with E-state index in [1.54, 1.807) is 6.92 Å². The van der Waals surface area contributed by atoms with Gasteiger partial charge < -0.3 is 15.7 Å². The van der Waals surface area contributed by atoms with Crippen LogP contribution in [0.5, 0.6) is 0 Å². The largest absolute Gasteiger partial charge is 0.396 e. The summed E-state index contributed by atoms with van der Waals surface area (Å²) in [6.07, 6.45) is 1.02. The highest BCUT2D eigenvalue weighted by molar-refractivity contribution is 5.88. The van der Waals surface area contributed by atoms with Gasteiger partial charge in [-0.15, -0.1) is 0 Å². The van der Waals surface area contributed by atoms with Gasteiger partial charge in [-0.25, -0.2) is 0 Å². The lowest BCUT2D eigenvalue weighted by Crippen LogP contribution is -2.50. The summed E-state index contributed by atoms with van der Waals surface area (Å²) in [6.45, 7) is 9.53. The first-order chi connectivity index (χ1) is 8.77. The molecule has 112 valence electrons. The van der Waals surface area contributed by atoms with Gasteiger partial charge in [0.05, 0.1) is 0 Å². The number of hydrogen-bond donors (Lipinski definition) is 3. The maximum Gasteiger partial charge on any atom is 0.242 e. The van der Waals surface area contributed by atoms with E-state index in [2.05, 4.69) is 10.6 Å². The van der Waals surface area contributed by atoms with E-state index in [4.69, 9.17) is 5.11 Å². The van der Waals surface area contributed by atoms with Crippen molar-refractivity contribution in [3.05, 3.63) is 0 Å². The lowest BCUT2D eigenvalue weighted by Gasteiger charge is -2.23. The van der Waals surface area contributed by atoms with Crippen molar-refractivity contribution in [2.75, 3.05) is 6.61 Å². The number of carbonyl (C=O) groups excluding carboxylic acids is 2. The topological polar surface area (TPSA) is 78.4 Å². The lowest BCUT2D eigenvalue weighted by atomic mass is 10.0. The molecule has 0 saturated carbocycles. The molecule has 0 radical (unpaired) electrons. The van der Waals surface area contributed by atoms with Gasteiger partial charge in [-0.3, -0.25) is 9.59 Å². The average Bonchev–Trinajstić information content (AvgIpc) is 2.26. The summed E-state index contributed by atoms with van der Waals surface area (Å²) < 4.78 is 0. The van der Waals surface area contributed by atoms with Crippen LogP contribution in [-0.2, 0) is 9.59 Å². The van der Waals surface area contributed by atoms with Crippen molar-refractivity contribution in [2.45, 2.75) is 59.5 Å². The van der Waals surface area contributed by atoms with Crippen molar-refractivity contribution in [3.63, 3.8) is 0 Å². The predicted octanol–water partition coefficient (Wildman–Crippen LogP) is 1.06.